The maximum atomic E-state index is 11.3. The molecule has 0 fully saturated rings. The highest BCUT2D eigenvalue weighted by Gasteiger charge is 2.08. The Kier molecular flexibility index (Phi) is 2.50. The lowest BCUT2D eigenvalue weighted by Crippen LogP contribution is -2.20. The molecule has 21 heavy (non-hydrogen) atoms. The van der Waals surface area contributed by atoms with E-state index in [4.69, 9.17) is 0 Å². The number of amides is 1. The normalized spacial score (nSPS) is 12.7. The Morgan fingerprint density at radius 2 is 1.86 bits per heavy atom. The van der Waals surface area contributed by atoms with E-state index in [1.807, 2.05) is 54.7 Å². The van der Waals surface area contributed by atoms with Crippen LogP contribution in [0.3, 0.4) is 0 Å². The molecule has 0 spiro atoms. The van der Waals surface area contributed by atoms with E-state index in [9.17, 15) is 4.79 Å². The van der Waals surface area contributed by atoms with Crippen LogP contribution in [0.4, 0.5) is 0 Å². The summed E-state index contributed by atoms with van der Waals surface area (Å²) in [5, 5.41) is 9.86. The standard InChI is InChI=1S/C16H10N4O/c21-16-9-12-8-11(6-7-14(12)17-16)15-10-20(19-18-15)13-4-2-1-3-5-13/h1-10H. The second-order valence-corrected chi connectivity index (χ2v) is 4.75. The average Bonchev–Trinajstić information content (AvgIpc) is 3.12. The molecule has 4 rings (SSSR count). The van der Waals surface area contributed by atoms with Gasteiger partial charge >= 0.3 is 0 Å². The molecule has 1 aromatic heterocycles. The molecule has 3 aromatic rings. The first-order valence-electron chi connectivity index (χ1n) is 6.52. The Labute approximate surface area is 119 Å². The largest absolute Gasteiger partial charge is 0.270 e. The van der Waals surface area contributed by atoms with Crippen LogP contribution < -0.4 is 10.6 Å². The van der Waals surface area contributed by atoms with Gasteiger partial charge in [-0.2, -0.15) is 0 Å². The van der Waals surface area contributed by atoms with E-state index in [2.05, 4.69) is 15.3 Å². The highest BCUT2D eigenvalue weighted by molar-refractivity contribution is 6.06. The van der Waals surface area contributed by atoms with Crippen LogP contribution in [0.25, 0.3) is 23.0 Å². The number of hydrogen-bond donors (Lipinski definition) is 0. The zero-order valence-corrected chi connectivity index (χ0v) is 11.0. The number of rotatable bonds is 2. The number of carbonyl (C=O) groups excluding carboxylic acids is 1. The fourth-order valence-corrected chi connectivity index (χ4v) is 2.32. The molecule has 5 nitrogen and oxygen atoms in total. The van der Waals surface area contributed by atoms with Crippen LogP contribution in [0.1, 0.15) is 0 Å². The monoisotopic (exact) mass is 274 g/mol. The van der Waals surface area contributed by atoms with Gasteiger partial charge in [-0.25, -0.2) is 9.67 Å². The molecular formula is C16H10N4O. The molecule has 1 aliphatic heterocycles. The minimum Gasteiger partial charge on any atom is -0.267 e. The lowest BCUT2D eigenvalue weighted by molar-refractivity contribution is -0.112. The van der Waals surface area contributed by atoms with Crippen molar-refractivity contribution in [2.24, 2.45) is 4.99 Å². The zero-order valence-electron chi connectivity index (χ0n) is 11.0. The number of carbonyl (C=O) groups is 1. The third-order valence-corrected chi connectivity index (χ3v) is 3.35. The predicted molar refractivity (Wildman–Crippen MR) is 77.0 cm³/mol. The second-order valence-electron chi connectivity index (χ2n) is 4.75. The molecule has 0 bridgehead atoms. The quantitative estimate of drug-likeness (QED) is 0.697. The Morgan fingerprint density at radius 1 is 1.00 bits per heavy atom. The Morgan fingerprint density at radius 3 is 2.71 bits per heavy atom. The summed E-state index contributed by atoms with van der Waals surface area (Å²) in [6.07, 6.45) is 3.39. The maximum Gasteiger partial charge on any atom is 0.270 e. The van der Waals surface area contributed by atoms with Crippen LogP contribution in [0.15, 0.2) is 59.7 Å². The SMILES string of the molecule is O=C1C=c2cc(-c3cn(-c4ccccc4)nn3)ccc2=N1. The molecular weight excluding hydrogens is 264 g/mol. The topological polar surface area (TPSA) is 60.1 Å². The molecule has 0 radical (unpaired) electrons. The van der Waals surface area contributed by atoms with E-state index in [-0.39, 0.29) is 5.91 Å². The summed E-state index contributed by atoms with van der Waals surface area (Å²) in [6.45, 7) is 0. The Hall–Kier alpha value is -3.08. The molecule has 100 valence electrons. The number of fused-ring (bicyclic) bond motifs is 1. The first-order valence-corrected chi connectivity index (χ1v) is 6.52. The van der Waals surface area contributed by atoms with Gasteiger partial charge in [-0.15, -0.1) is 5.10 Å². The third kappa shape index (κ3) is 2.04. The summed E-state index contributed by atoms with van der Waals surface area (Å²) in [5.74, 6) is -0.213. The minimum atomic E-state index is -0.213. The van der Waals surface area contributed by atoms with E-state index in [1.54, 1.807) is 4.68 Å². The summed E-state index contributed by atoms with van der Waals surface area (Å²) < 4.78 is 1.72. The van der Waals surface area contributed by atoms with Crippen molar-refractivity contribution >= 4 is 12.0 Å². The molecule has 0 saturated heterocycles. The summed E-state index contributed by atoms with van der Waals surface area (Å²) in [4.78, 5) is 15.2. The van der Waals surface area contributed by atoms with E-state index in [0.29, 0.717) is 5.36 Å². The minimum absolute atomic E-state index is 0.213. The van der Waals surface area contributed by atoms with Gasteiger partial charge < -0.3 is 0 Å². The van der Waals surface area contributed by atoms with Gasteiger partial charge in [0.2, 0.25) is 0 Å². The van der Waals surface area contributed by atoms with Gasteiger partial charge in [0.25, 0.3) is 5.91 Å². The molecule has 0 saturated carbocycles. The molecule has 0 aliphatic carbocycles. The van der Waals surface area contributed by atoms with Gasteiger partial charge in [-0.1, -0.05) is 29.5 Å². The first-order chi connectivity index (χ1) is 10.3. The van der Waals surface area contributed by atoms with Gasteiger partial charge in [-0.05, 0) is 24.3 Å². The predicted octanol–water partition coefficient (Wildman–Crippen LogP) is 0.875. The fourth-order valence-electron chi connectivity index (χ4n) is 2.32. The van der Waals surface area contributed by atoms with Gasteiger partial charge in [0, 0.05) is 16.9 Å². The van der Waals surface area contributed by atoms with E-state index < -0.39 is 0 Å². The van der Waals surface area contributed by atoms with Crippen molar-refractivity contribution in [3.05, 3.63) is 65.3 Å². The van der Waals surface area contributed by atoms with Gasteiger partial charge in [0.05, 0.1) is 17.2 Å². The lowest BCUT2D eigenvalue weighted by atomic mass is 10.1. The Bertz CT molecular complexity index is 957. The van der Waals surface area contributed by atoms with Crippen molar-refractivity contribution in [3.63, 3.8) is 0 Å². The smallest absolute Gasteiger partial charge is 0.267 e. The molecule has 0 unspecified atom stereocenters. The molecule has 5 heteroatoms. The van der Waals surface area contributed by atoms with Crippen molar-refractivity contribution in [3.8, 4) is 16.9 Å². The van der Waals surface area contributed by atoms with Gasteiger partial charge in [0.15, 0.2) is 0 Å². The highest BCUT2D eigenvalue weighted by atomic mass is 16.1. The van der Waals surface area contributed by atoms with Crippen molar-refractivity contribution in [2.75, 3.05) is 0 Å². The number of benzene rings is 2. The number of para-hydroxylation sites is 1. The summed E-state index contributed by atoms with van der Waals surface area (Å²) in [5.41, 5.74) is 2.63. The first kappa shape index (κ1) is 11.7. The van der Waals surface area contributed by atoms with Crippen LogP contribution in [-0.2, 0) is 4.79 Å². The summed E-state index contributed by atoms with van der Waals surface area (Å²) in [6, 6.07) is 15.4. The summed E-state index contributed by atoms with van der Waals surface area (Å²) >= 11 is 0. The van der Waals surface area contributed by atoms with E-state index in [1.165, 1.54) is 6.08 Å². The second kappa shape index (κ2) is 4.49. The van der Waals surface area contributed by atoms with E-state index >= 15 is 0 Å². The van der Waals surface area contributed by atoms with Crippen molar-refractivity contribution < 1.29 is 4.79 Å². The van der Waals surface area contributed by atoms with Crippen molar-refractivity contribution in [2.45, 2.75) is 0 Å². The number of nitrogens with zero attached hydrogens (tertiary/aromatic N) is 4. The van der Waals surface area contributed by atoms with Crippen molar-refractivity contribution in [1.82, 2.24) is 15.0 Å². The lowest BCUT2D eigenvalue weighted by Gasteiger charge is -1.97. The molecule has 2 aromatic carbocycles. The maximum absolute atomic E-state index is 11.3. The highest BCUT2D eigenvalue weighted by Crippen LogP contribution is 2.15. The number of hydrogen-bond acceptors (Lipinski definition) is 3. The molecule has 0 atom stereocenters. The zero-order chi connectivity index (χ0) is 14.2. The van der Waals surface area contributed by atoms with Crippen molar-refractivity contribution in [1.29, 1.82) is 0 Å². The van der Waals surface area contributed by atoms with Gasteiger partial charge in [0.1, 0.15) is 5.69 Å². The molecule has 1 amide bonds. The van der Waals surface area contributed by atoms with Crippen LogP contribution >= 0.6 is 0 Å². The average molecular weight is 274 g/mol. The van der Waals surface area contributed by atoms with Crippen LogP contribution in [0.5, 0.6) is 0 Å². The van der Waals surface area contributed by atoms with Gasteiger partial charge in [-0.3, -0.25) is 4.79 Å². The summed E-state index contributed by atoms with van der Waals surface area (Å²) in [7, 11) is 0. The van der Waals surface area contributed by atoms with E-state index in [0.717, 1.165) is 22.2 Å². The third-order valence-electron chi connectivity index (χ3n) is 3.35. The van der Waals surface area contributed by atoms with Crippen LogP contribution in [-0.4, -0.2) is 20.9 Å². The Balaban J connectivity index is 1.78. The van der Waals surface area contributed by atoms with Crippen LogP contribution in [0.2, 0.25) is 0 Å². The molecule has 0 N–H and O–H groups in total. The molecule has 1 aliphatic rings. The molecule has 2 heterocycles. The number of aromatic nitrogens is 3. The fraction of sp³-hybridized carbons (Fsp3) is 0. The van der Waals surface area contributed by atoms with Crippen LogP contribution in [0, 0.1) is 0 Å².